The summed E-state index contributed by atoms with van der Waals surface area (Å²) >= 11 is 0. The van der Waals surface area contributed by atoms with Gasteiger partial charge in [0.2, 0.25) is 0 Å². The minimum Gasteiger partial charge on any atom is -0.0622 e. The van der Waals surface area contributed by atoms with Crippen molar-refractivity contribution in [2.24, 2.45) is 0 Å². The van der Waals surface area contributed by atoms with E-state index in [1.54, 1.807) is 0 Å². The lowest BCUT2D eigenvalue weighted by molar-refractivity contribution is 1.62. The molecule has 10 aromatic carbocycles. The molecule has 0 nitrogen and oxygen atoms in total. The molecule has 1 aliphatic rings. The molecule has 1 atom stereocenters. The standard InChI is InChI=1S/C56H37P/c1-5-18-38(19-6-1)45-26-15-16-31-51(45)57(42-24-11-4-12-25-42)43-34-32-39(33-35-43)44-36-37-50-54-46(44)29-17-30-49(54)55-52(40-20-7-2-8-21-40)47-27-13-14-28-48(47)53(56(50)55)41-22-9-3-10-23-41/h1-37H. The van der Waals surface area contributed by atoms with Crippen LogP contribution >= 0.6 is 7.92 Å². The fourth-order valence-corrected chi connectivity index (χ4v) is 11.6. The maximum absolute atomic E-state index is 2.39. The second kappa shape index (κ2) is 14.0. The van der Waals surface area contributed by atoms with Gasteiger partial charge in [-0.1, -0.05) is 224 Å². The Hall–Kier alpha value is -6.85. The summed E-state index contributed by atoms with van der Waals surface area (Å²) in [5, 5.41) is 9.25. The van der Waals surface area contributed by atoms with E-state index in [0.717, 1.165) is 0 Å². The Bertz CT molecular complexity index is 2990. The van der Waals surface area contributed by atoms with Crippen LogP contribution < -0.4 is 15.9 Å². The van der Waals surface area contributed by atoms with E-state index in [2.05, 4.69) is 224 Å². The van der Waals surface area contributed by atoms with Crippen LogP contribution in [0.1, 0.15) is 0 Å². The molecule has 0 heterocycles. The van der Waals surface area contributed by atoms with Crippen LogP contribution in [0.5, 0.6) is 0 Å². The van der Waals surface area contributed by atoms with Gasteiger partial charge < -0.3 is 0 Å². The van der Waals surface area contributed by atoms with Gasteiger partial charge in [-0.15, -0.1) is 0 Å². The lowest BCUT2D eigenvalue weighted by Crippen LogP contribution is -2.22. The molecule has 0 spiro atoms. The van der Waals surface area contributed by atoms with Gasteiger partial charge in [-0.25, -0.2) is 0 Å². The Kier molecular flexibility index (Phi) is 8.24. The largest absolute Gasteiger partial charge is 0.0622 e. The first-order valence-corrected chi connectivity index (χ1v) is 21.0. The molecule has 0 saturated heterocycles. The molecular weight excluding hydrogens is 704 g/mol. The fraction of sp³-hybridized carbons (Fsp3) is 0. The Morgan fingerprint density at radius 2 is 0.649 bits per heavy atom. The molecule has 266 valence electrons. The zero-order valence-electron chi connectivity index (χ0n) is 31.3. The highest BCUT2D eigenvalue weighted by Gasteiger charge is 2.31. The molecule has 0 aliphatic heterocycles. The number of hydrogen-bond donors (Lipinski definition) is 0. The summed E-state index contributed by atoms with van der Waals surface area (Å²) in [6, 6.07) is 82.9. The summed E-state index contributed by atoms with van der Waals surface area (Å²) in [5.74, 6) is 0. The van der Waals surface area contributed by atoms with E-state index < -0.39 is 7.92 Å². The van der Waals surface area contributed by atoms with Gasteiger partial charge in [0.05, 0.1) is 0 Å². The van der Waals surface area contributed by atoms with Crippen LogP contribution in [-0.4, -0.2) is 0 Å². The van der Waals surface area contributed by atoms with Gasteiger partial charge in [0, 0.05) is 0 Å². The molecular formula is C56H37P. The Morgan fingerprint density at radius 3 is 1.26 bits per heavy atom. The molecule has 0 bridgehead atoms. The van der Waals surface area contributed by atoms with Crippen LogP contribution in [0.15, 0.2) is 224 Å². The van der Waals surface area contributed by atoms with Gasteiger partial charge in [0.25, 0.3) is 0 Å². The molecule has 1 unspecified atom stereocenters. The maximum Gasteiger partial charge on any atom is -0.000741 e. The third-order valence-electron chi connectivity index (χ3n) is 11.6. The first kappa shape index (κ1) is 33.5. The quantitative estimate of drug-likeness (QED) is 0.143. The van der Waals surface area contributed by atoms with Crippen molar-refractivity contribution in [2.75, 3.05) is 0 Å². The van der Waals surface area contributed by atoms with Crippen LogP contribution in [-0.2, 0) is 0 Å². The SMILES string of the molecule is c1ccc(-c2ccccc2P(c2ccccc2)c2ccc(-c3ccc4c5c(cccc35)-c3c-4c(-c4ccccc4)c4ccccc4c3-c3ccccc3)cc2)cc1. The second-order valence-electron chi connectivity index (χ2n) is 14.8. The molecule has 11 rings (SSSR count). The van der Waals surface area contributed by atoms with Crippen molar-refractivity contribution in [1.29, 1.82) is 0 Å². The molecule has 1 aliphatic carbocycles. The normalized spacial score (nSPS) is 12.1. The monoisotopic (exact) mass is 740 g/mol. The predicted octanol–water partition coefficient (Wildman–Crippen LogP) is 14.1. The average Bonchev–Trinajstić information content (AvgIpc) is 3.62. The maximum atomic E-state index is 2.39. The van der Waals surface area contributed by atoms with Gasteiger partial charge in [-0.2, -0.15) is 0 Å². The van der Waals surface area contributed by atoms with Crippen LogP contribution in [0.25, 0.3) is 88.3 Å². The number of hydrogen-bond acceptors (Lipinski definition) is 0. The van der Waals surface area contributed by atoms with Crippen LogP contribution in [0.4, 0.5) is 0 Å². The van der Waals surface area contributed by atoms with E-state index in [0.29, 0.717) is 0 Å². The van der Waals surface area contributed by atoms with Crippen molar-refractivity contribution >= 4 is 45.4 Å². The van der Waals surface area contributed by atoms with E-state index in [9.17, 15) is 0 Å². The third-order valence-corrected chi connectivity index (χ3v) is 14.1. The molecule has 0 aromatic heterocycles. The van der Waals surface area contributed by atoms with Crippen molar-refractivity contribution in [3.63, 3.8) is 0 Å². The molecule has 0 N–H and O–H groups in total. The van der Waals surface area contributed by atoms with Gasteiger partial charge in [-0.05, 0) is 112 Å². The highest BCUT2D eigenvalue weighted by molar-refractivity contribution is 7.80. The minimum atomic E-state index is -0.806. The predicted molar refractivity (Wildman–Crippen MR) is 246 cm³/mol. The van der Waals surface area contributed by atoms with Crippen LogP contribution in [0.2, 0.25) is 0 Å². The average molecular weight is 741 g/mol. The molecule has 0 saturated carbocycles. The van der Waals surface area contributed by atoms with Crippen LogP contribution in [0.3, 0.4) is 0 Å². The van der Waals surface area contributed by atoms with Gasteiger partial charge in [-0.3, -0.25) is 0 Å². The number of fused-ring (bicyclic) bond motifs is 4. The lowest BCUT2D eigenvalue weighted by atomic mass is 9.82. The summed E-state index contributed by atoms with van der Waals surface area (Å²) in [4.78, 5) is 0. The molecule has 1 heteroatoms. The molecule has 0 fully saturated rings. The lowest BCUT2D eigenvalue weighted by Gasteiger charge is -2.23. The van der Waals surface area contributed by atoms with Crippen molar-refractivity contribution in [1.82, 2.24) is 0 Å². The zero-order valence-corrected chi connectivity index (χ0v) is 32.2. The highest BCUT2D eigenvalue weighted by Crippen LogP contribution is 2.58. The molecule has 0 radical (unpaired) electrons. The summed E-state index contributed by atoms with van der Waals surface area (Å²) < 4.78 is 0. The number of rotatable bonds is 7. The summed E-state index contributed by atoms with van der Waals surface area (Å²) in [6.07, 6.45) is 0. The second-order valence-corrected chi connectivity index (χ2v) is 17.0. The number of benzene rings is 10. The molecule has 0 amide bonds. The van der Waals surface area contributed by atoms with E-state index in [1.165, 1.54) is 104 Å². The minimum absolute atomic E-state index is 0.806. The van der Waals surface area contributed by atoms with E-state index in [1.807, 2.05) is 0 Å². The first-order chi connectivity index (χ1) is 28.3. The van der Waals surface area contributed by atoms with E-state index in [-0.39, 0.29) is 0 Å². The molecule has 10 aromatic rings. The Balaban J connectivity index is 1.10. The van der Waals surface area contributed by atoms with E-state index in [4.69, 9.17) is 0 Å². The van der Waals surface area contributed by atoms with Crippen molar-refractivity contribution in [3.05, 3.63) is 224 Å². The first-order valence-electron chi connectivity index (χ1n) is 19.7. The summed E-state index contributed by atoms with van der Waals surface area (Å²) in [6.45, 7) is 0. The smallest absolute Gasteiger partial charge is 0.000741 e. The summed E-state index contributed by atoms with van der Waals surface area (Å²) in [5.41, 5.74) is 15.4. The van der Waals surface area contributed by atoms with Crippen molar-refractivity contribution < 1.29 is 0 Å². The topological polar surface area (TPSA) is 0 Å². The molecule has 57 heavy (non-hydrogen) atoms. The van der Waals surface area contributed by atoms with Crippen LogP contribution in [0, 0.1) is 0 Å². The van der Waals surface area contributed by atoms with Gasteiger partial charge >= 0.3 is 0 Å². The highest BCUT2D eigenvalue weighted by atomic mass is 31.1. The van der Waals surface area contributed by atoms with Crippen molar-refractivity contribution in [2.45, 2.75) is 0 Å². The Labute approximate surface area is 335 Å². The zero-order chi connectivity index (χ0) is 37.7. The Morgan fingerprint density at radius 1 is 0.228 bits per heavy atom. The van der Waals surface area contributed by atoms with E-state index >= 15 is 0 Å². The third kappa shape index (κ3) is 5.56. The van der Waals surface area contributed by atoms with Gasteiger partial charge in [0.1, 0.15) is 0 Å². The fourth-order valence-electron chi connectivity index (χ4n) is 9.19. The van der Waals surface area contributed by atoms with Gasteiger partial charge in [0.15, 0.2) is 0 Å². The van der Waals surface area contributed by atoms with Crippen molar-refractivity contribution in [3.8, 4) is 66.8 Å². The summed E-state index contributed by atoms with van der Waals surface area (Å²) in [7, 11) is -0.806.